The molecule has 0 unspecified atom stereocenters. The van der Waals surface area contributed by atoms with Crippen LogP contribution in [0.2, 0.25) is 0 Å². The van der Waals surface area contributed by atoms with E-state index in [2.05, 4.69) is 20.8 Å². The predicted molar refractivity (Wildman–Crippen MR) is 90.9 cm³/mol. The number of amides is 2. The number of nitrogens with zero attached hydrogens (tertiary/aromatic N) is 2. The molecule has 7 heteroatoms. The van der Waals surface area contributed by atoms with E-state index in [4.69, 9.17) is 4.52 Å². The fourth-order valence-electron chi connectivity index (χ4n) is 2.31. The van der Waals surface area contributed by atoms with Gasteiger partial charge in [-0.3, -0.25) is 9.59 Å². The van der Waals surface area contributed by atoms with Crippen LogP contribution in [0.4, 0.5) is 0 Å². The molecule has 2 heterocycles. The normalized spacial score (nSPS) is 11.8. The zero-order valence-corrected chi connectivity index (χ0v) is 15.0. The third-order valence-corrected chi connectivity index (χ3v) is 3.40. The van der Waals surface area contributed by atoms with Crippen molar-refractivity contribution in [2.24, 2.45) is 0 Å². The molecule has 2 N–H and O–H groups in total. The smallest absolute Gasteiger partial charge is 0.259 e. The Labute approximate surface area is 141 Å². The van der Waals surface area contributed by atoms with Crippen molar-refractivity contribution < 1.29 is 14.1 Å². The Morgan fingerprint density at radius 1 is 1.29 bits per heavy atom. The molecule has 0 radical (unpaired) electrons. The van der Waals surface area contributed by atoms with Gasteiger partial charge in [-0.25, -0.2) is 4.98 Å². The average molecular weight is 332 g/mol. The first-order valence-electron chi connectivity index (χ1n) is 7.94. The maximum atomic E-state index is 12.6. The quantitative estimate of drug-likeness (QED) is 0.895. The third-order valence-electron chi connectivity index (χ3n) is 3.40. The molecule has 0 saturated heterocycles. The fraction of sp³-hybridized carbons (Fsp3) is 0.529. The molecule has 0 saturated carbocycles. The number of carbonyl (C=O) groups excluding carboxylic acids is 2. The molecule has 2 amide bonds. The minimum atomic E-state index is -0.348. The van der Waals surface area contributed by atoms with Crippen LogP contribution >= 0.6 is 0 Å². The molecule has 24 heavy (non-hydrogen) atoms. The van der Waals surface area contributed by atoms with Crippen molar-refractivity contribution >= 4 is 22.9 Å². The van der Waals surface area contributed by atoms with Crippen molar-refractivity contribution in [2.45, 2.75) is 53.0 Å². The Balaban J connectivity index is 2.25. The first-order chi connectivity index (χ1) is 11.1. The highest BCUT2D eigenvalue weighted by molar-refractivity contribution is 6.06. The van der Waals surface area contributed by atoms with Crippen molar-refractivity contribution in [3.63, 3.8) is 0 Å². The molecule has 0 spiro atoms. The van der Waals surface area contributed by atoms with Gasteiger partial charge in [-0.05, 0) is 39.7 Å². The molecule has 2 aromatic rings. The highest BCUT2D eigenvalue weighted by Crippen LogP contribution is 2.24. The molecule has 0 bridgehead atoms. The van der Waals surface area contributed by atoms with Crippen molar-refractivity contribution in [1.29, 1.82) is 0 Å². The molecule has 0 atom stereocenters. The number of carbonyl (C=O) groups is 2. The summed E-state index contributed by atoms with van der Waals surface area (Å²) in [5.41, 5.74) is 1.75. The first-order valence-corrected chi connectivity index (χ1v) is 7.94. The minimum absolute atomic E-state index is 0.0960. The summed E-state index contributed by atoms with van der Waals surface area (Å²) in [7, 11) is 0. The van der Waals surface area contributed by atoms with Crippen LogP contribution in [0.3, 0.4) is 0 Å². The topological polar surface area (TPSA) is 97.1 Å². The summed E-state index contributed by atoms with van der Waals surface area (Å²) < 4.78 is 5.20. The van der Waals surface area contributed by atoms with Gasteiger partial charge < -0.3 is 15.2 Å². The number of aryl methyl sites for hydroxylation is 1. The monoisotopic (exact) mass is 332 g/mol. The molecule has 2 aromatic heterocycles. The van der Waals surface area contributed by atoms with Gasteiger partial charge in [-0.15, -0.1) is 0 Å². The van der Waals surface area contributed by atoms with Crippen molar-refractivity contribution in [2.75, 3.05) is 6.54 Å². The Morgan fingerprint density at radius 3 is 2.54 bits per heavy atom. The lowest BCUT2D eigenvalue weighted by Crippen LogP contribution is -2.45. The van der Waals surface area contributed by atoms with E-state index < -0.39 is 0 Å². The van der Waals surface area contributed by atoms with E-state index in [9.17, 15) is 9.59 Å². The Bertz CT molecular complexity index is 772. The van der Waals surface area contributed by atoms with Crippen molar-refractivity contribution in [3.8, 4) is 0 Å². The van der Waals surface area contributed by atoms with Gasteiger partial charge in [0.1, 0.15) is 0 Å². The van der Waals surface area contributed by atoms with E-state index in [1.54, 1.807) is 13.0 Å². The Kier molecular flexibility index (Phi) is 4.91. The summed E-state index contributed by atoms with van der Waals surface area (Å²) in [6, 6.07) is 1.73. The molecule has 0 fully saturated rings. The third kappa shape index (κ3) is 4.10. The highest BCUT2D eigenvalue weighted by atomic mass is 16.5. The zero-order chi connectivity index (χ0) is 18.1. The van der Waals surface area contributed by atoms with E-state index >= 15 is 0 Å². The van der Waals surface area contributed by atoms with Crippen LogP contribution in [0.25, 0.3) is 11.1 Å². The highest BCUT2D eigenvalue weighted by Gasteiger charge is 2.21. The van der Waals surface area contributed by atoms with Gasteiger partial charge in [-0.2, -0.15) is 0 Å². The van der Waals surface area contributed by atoms with Gasteiger partial charge >= 0.3 is 0 Å². The van der Waals surface area contributed by atoms with E-state index in [-0.39, 0.29) is 29.8 Å². The van der Waals surface area contributed by atoms with Gasteiger partial charge in [-0.1, -0.05) is 19.0 Å². The lowest BCUT2D eigenvalue weighted by Gasteiger charge is -2.20. The van der Waals surface area contributed by atoms with Crippen LogP contribution in [-0.2, 0) is 4.79 Å². The SMILES string of the molecule is Cc1noc2nc(C(C)C)cc(C(=O)NCC(=O)NC(C)(C)C)c12. The molecule has 7 nitrogen and oxygen atoms in total. The Morgan fingerprint density at radius 2 is 1.96 bits per heavy atom. The molecule has 0 aliphatic rings. The average Bonchev–Trinajstić information content (AvgIpc) is 2.83. The summed E-state index contributed by atoms with van der Waals surface area (Å²) in [5, 5.41) is 9.91. The maximum Gasteiger partial charge on any atom is 0.259 e. The van der Waals surface area contributed by atoms with E-state index in [1.807, 2.05) is 34.6 Å². The van der Waals surface area contributed by atoms with Crippen LogP contribution in [0.15, 0.2) is 10.6 Å². The number of rotatable bonds is 4. The van der Waals surface area contributed by atoms with E-state index in [0.717, 1.165) is 5.69 Å². The maximum absolute atomic E-state index is 12.6. The standard InChI is InChI=1S/C17H24N4O3/c1-9(2)12-7-11(14-10(3)21-24-16(14)19-12)15(23)18-8-13(22)20-17(4,5)6/h7,9H,8H2,1-6H3,(H,18,23)(H,20,22). The summed E-state index contributed by atoms with van der Waals surface area (Å²) in [5.74, 6) is -0.456. The molecule has 0 aliphatic heterocycles. The zero-order valence-electron chi connectivity index (χ0n) is 15.0. The van der Waals surface area contributed by atoms with Crippen LogP contribution in [0.1, 0.15) is 62.3 Å². The van der Waals surface area contributed by atoms with Gasteiger partial charge in [0.25, 0.3) is 11.6 Å². The molecule has 130 valence electrons. The molecule has 2 rings (SSSR count). The van der Waals surface area contributed by atoms with Crippen LogP contribution in [0, 0.1) is 6.92 Å². The second kappa shape index (κ2) is 6.59. The fourth-order valence-corrected chi connectivity index (χ4v) is 2.31. The van der Waals surface area contributed by atoms with Gasteiger partial charge in [0, 0.05) is 11.2 Å². The van der Waals surface area contributed by atoms with Crippen molar-refractivity contribution in [3.05, 3.63) is 23.0 Å². The summed E-state index contributed by atoms with van der Waals surface area (Å²) in [6.45, 7) is 11.3. The number of fused-ring (bicyclic) bond motifs is 1. The number of hydrogen-bond donors (Lipinski definition) is 2. The summed E-state index contributed by atoms with van der Waals surface area (Å²) >= 11 is 0. The minimum Gasteiger partial charge on any atom is -0.350 e. The van der Waals surface area contributed by atoms with Crippen LogP contribution < -0.4 is 10.6 Å². The largest absolute Gasteiger partial charge is 0.350 e. The molecular formula is C17H24N4O3. The second-order valence-corrected chi connectivity index (χ2v) is 7.18. The van der Waals surface area contributed by atoms with Gasteiger partial charge in [0.05, 0.1) is 23.2 Å². The van der Waals surface area contributed by atoms with E-state index in [0.29, 0.717) is 22.4 Å². The number of aromatic nitrogens is 2. The first kappa shape index (κ1) is 17.9. The Hall–Kier alpha value is -2.44. The van der Waals surface area contributed by atoms with Gasteiger partial charge in [0.15, 0.2) is 0 Å². The van der Waals surface area contributed by atoms with E-state index in [1.165, 1.54) is 0 Å². The number of pyridine rings is 1. The summed E-state index contributed by atoms with van der Waals surface area (Å²) in [4.78, 5) is 28.8. The molecule has 0 aromatic carbocycles. The number of hydrogen-bond acceptors (Lipinski definition) is 5. The summed E-state index contributed by atoms with van der Waals surface area (Å²) in [6.07, 6.45) is 0. The van der Waals surface area contributed by atoms with Crippen LogP contribution in [0.5, 0.6) is 0 Å². The predicted octanol–water partition coefficient (Wildman–Crippen LogP) is 2.30. The lowest BCUT2D eigenvalue weighted by molar-refractivity contribution is -0.121. The second-order valence-electron chi connectivity index (χ2n) is 7.18. The molecular weight excluding hydrogens is 308 g/mol. The number of nitrogens with one attached hydrogen (secondary N) is 2. The van der Waals surface area contributed by atoms with Gasteiger partial charge in [0.2, 0.25) is 5.91 Å². The lowest BCUT2D eigenvalue weighted by atomic mass is 10.0. The molecule has 0 aliphatic carbocycles. The van der Waals surface area contributed by atoms with Crippen LogP contribution in [-0.4, -0.2) is 34.0 Å². The van der Waals surface area contributed by atoms with Crippen molar-refractivity contribution in [1.82, 2.24) is 20.8 Å².